The van der Waals surface area contributed by atoms with Crippen LogP contribution in [0.5, 0.6) is 0 Å². The number of piperazine rings is 1. The Morgan fingerprint density at radius 3 is 2.41 bits per heavy atom. The van der Waals surface area contributed by atoms with Crippen LogP contribution in [-0.4, -0.2) is 47.3 Å². The zero-order chi connectivity index (χ0) is 23.6. The fourth-order valence-electron chi connectivity index (χ4n) is 3.78. The third-order valence-electron chi connectivity index (χ3n) is 5.10. The molecule has 2 atom stereocenters. The lowest BCUT2D eigenvalue weighted by atomic mass is 10.0. The van der Waals surface area contributed by atoms with Crippen LogP contribution in [-0.2, 0) is 0 Å². The third kappa shape index (κ3) is 5.13. The van der Waals surface area contributed by atoms with Crippen LogP contribution in [0.2, 0.25) is 5.02 Å². The summed E-state index contributed by atoms with van der Waals surface area (Å²) in [5.41, 5.74) is 7.40. The molecular weight excluding hydrogens is 463 g/mol. The van der Waals surface area contributed by atoms with Crippen LogP contribution >= 0.6 is 23.8 Å². The molecule has 170 valence electrons. The molecule has 1 amide bonds. The molecule has 2 unspecified atom stereocenters. The zero-order valence-corrected chi connectivity index (χ0v) is 18.9. The number of hydrogen-bond donors (Lipinski definition) is 2. The quantitative estimate of drug-likeness (QED) is 0.394. The molecule has 3 N–H and O–H groups in total. The number of rotatable bonds is 4. The maximum Gasteiger partial charge on any atom is 0.257 e. The van der Waals surface area contributed by atoms with Crippen molar-refractivity contribution in [2.45, 2.75) is 25.9 Å². The number of benzene rings is 2. The molecule has 0 radical (unpaired) electrons. The van der Waals surface area contributed by atoms with E-state index in [1.165, 1.54) is 12.1 Å². The van der Waals surface area contributed by atoms with E-state index in [1.807, 2.05) is 0 Å². The second-order valence-corrected chi connectivity index (χ2v) is 8.38. The van der Waals surface area contributed by atoms with E-state index in [-0.39, 0.29) is 52.1 Å². The number of carbonyl (C=O) groups excluding carboxylic acids is 1. The molecular formula is C21H21ClF3N5OS. The summed E-state index contributed by atoms with van der Waals surface area (Å²) in [7, 11) is 0. The molecule has 2 aromatic rings. The predicted molar refractivity (Wildman–Crippen MR) is 123 cm³/mol. The molecule has 1 aliphatic rings. The van der Waals surface area contributed by atoms with E-state index in [0.717, 1.165) is 24.4 Å². The van der Waals surface area contributed by atoms with Crippen molar-refractivity contribution in [3.8, 4) is 0 Å². The van der Waals surface area contributed by atoms with Crippen LogP contribution in [0.15, 0.2) is 35.4 Å². The third-order valence-corrected chi connectivity index (χ3v) is 5.43. The van der Waals surface area contributed by atoms with E-state index in [9.17, 15) is 18.0 Å². The molecule has 0 aliphatic carbocycles. The molecule has 0 bridgehead atoms. The van der Waals surface area contributed by atoms with Crippen LogP contribution in [0.25, 0.3) is 0 Å². The Hall–Kier alpha value is -2.85. The first-order chi connectivity index (χ1) is 15.1. The maximum atomic E-state index is 14.8. The normalized spacial score (nSPS) is 18.8. The standard InChI is InChI=1S/C21H21ClF3N5OS/c1-11-9-29(19-7-16(23)13(5-18(19)25)8-27-28-21(26)32)10-12(2)30(11)20(31)15-4-3-14(22)6-17(15)24/h3-8,11-12H,9-10H2,1-2H3,(H3,26,28,32). The van der Waals surface area contributed by atoms with E-state index in [1.54, 1.807) is 23.6 Å². The van der Waals surface area contributed by atoms with Gasteiger partial charge in [-0.2, -0.15) is 5.10 Å². The van der Waals surface area contributed by atoms with Gasteiger partial charge < -0.3 is 15.5 Å². The Balaban J connectivity index is 1.80. The van der Waals surface area contributed by atoms with Gasteiger partial charge in [-0.3, -0.25) is 10.2 Å². The Labute approximate surface area is 193 Å². The van der Waals surface area contributed by atoms with E-state index in [4.69, 9.17) is 17.3 Å². The van der Waals surface area contributed by atoms with Crippen LogP contribution in [0.4, 0.5) is 18.9 Å². The topological polar surface area (TPSA) is 74.0 Å². The van der Waals surface area contributed by atoms with Gasteiger partial charge in [0.15, 0.2) is 5.11 Å². The average molecular weight is 484 g/mol. The minimum atomic E-state index is -0.709. The predicted octanol–water partition coefficient (Wildman–Crippen LogP) is 3.66. The Morgan fingerprint density at radius 1 is 1.16 bits per heavy atom. The number of carbonyl (C=O) groups is 1. The van der Waals surface area contributed by atoms with Gasteiger partial charge in [-0.1, -0.05) is 11.6 Å². The van der Waals surface area contributed by atoms with E-state index >= 15 is 0 Å². The number of halogens is 4. The van der Waals surface area contributed by atoms with Gasteiger partial charge in [0.25, 0.3) is 5.91 Å². The van der Waals surface area contributed by atoms with Crippen molar-refractivity contribution in [3.05, 3.63) is 63.9 Å². The Kier molecular flexibility index (Phi) is 7.25. The summed E-state index contributed by atoms with van der Waals surface area (Å²) in [5, 5.41) is 3.72. The number of thiocarbonyl (C=S) groups is 1. The molecule has 1 aliphatic heterocycles. The summed E-state index contributed by atoms with van der Waals surface area (Å²) < 4.78 is 43.6. The van der Waals surface area contributed by atoms with Crippen LogP contribution in [0, 0.1) is 17.5 Å². The Morgan fingerprint density at radius 2 is 1.81 bits per heavy atom. The van der Waals surface area contributed by atoms with Gasteiger partial charge in [0.05, 0.1) is 17.5 Å². The van der Waals surface area contributed by atoms with Crippen molar-refractivity contribution in [2.75, 3.05) is 18.0 Å². The second kappa shape index (κ2) is 9.74. The summed E-state index contributed by atoms with van der Waals surface area (Å²) in [6.45, 7) is 4.01. The van der Waals surface area contributed by atoms with Gasteiger partial charge in [-0.15, -0.1) is 0 Å². The first kappa shape index (κ1) is 23.8. The molecule has 1 saturated heterocycles. The molecule has 6 nitrogen and oxygen atoms in total. The average Bonchev–Trinajstić information content (AvgIpc) is 2.69. The molecule has 1 fully saturated rings. The fourth-order valence-corrected chi connectivity index (χ4v) is 3.99. The molecule has 0 spiro atoms. The van der Waals surface area contributed by atoms with Crippen molar-refractivity contribution in [1.82, 2.24) is 10.3 Å². The molecule has 11 heteroatoms. The molecule has 2 aromatic carbocycles. The minimum absolute atomic E-state index is 0.0606. The number of amides is 1. The monoisotopic (exact) mass is 483 g/mol. The lowest BCUT2D eigenvalue weighted by molar-refractivity contribution is 0.0569. The van der Waals surface area contributed by atoms with E-state index < -0.39 is 23.4 Å². The number of anilines is 1. The van der Waals surface area contributed by atoms with Crippen LogP contribution < -0.4 is 16.1 Å². The van der Waals surface area contributed by atoms with Crippen molar-refractivity contribution in [2.24, 2.45) is 10.8 Å². The Bertz CT molecular complexity index is 1070. The summed E-state index contributed by atoms with van der Waals surface area (Å²) in [4.78, 5) is 16.2. The number of nitrogens with zero attached hydrogens (tertiary/aromatic N) is 3. The molecule has 3 rings (SSSR count). The first-order valence-electron chi connectivity index (χ1n) is 9.68. The number of nitrogens with two attached hydrogens (primary N) is 1. The largest absolute Gasteiger partial charge is 0.375 e. The summed E-state index contributed by atoms with van der Waals surface area (Å²) in [6.07, 6.45) is 1.07. The van der Waals surface area contributed by atoms with Gasteiger partial charge in [-0.05, 0) is 50.3 Å². The minimum Gasteiger partial charge on any atom is -0.375 e. The number of nitrogens with one attached hydrogen (secondary N) is 1. The summed E-state index contributed by atoms with van der Waals surface area (Å²) in [5.74, 6) is -2.52. The molecule has 0 saturated carbocycles. The number of hydrogen-bond acceptors (Lipinski definition) is 4. The summed E-state index contributed by atoms with van der Waals surface area (Å²) >= 11 is 10.4. The highest BCUT2D eigenvalue weighted by molar-refractivity contribution is 7.80. The smallest absolute Gasteiger partial charge is 0.257 e. The SMILES string of the molecule is CC1CN(c2cc(F)c(C=NNC(N)=S)cc2F)CC(C)N1C(=O)c1ccc(Cl)cc1F. The van der Waals surface area contributed by atoms with Crippen molar-refractivity contribution < 1.29 is 18.0 Å². The highest BCUT2D eigenvalue weighted by atomic mass is 35.5. The highest BCUT2D eigenvalue weighted by Crippen LogP contribution is 2.28. The molecule has 0 aromatic heterocycles. The van der Waals surface area contributed by atoms with Crippen molar-refractivity contribution in [1.29, 1.82) is 0 Å². The summed E-state index contributed by atoms with van der Waals surface area (Å²) in [6, 6.07) is 5.19. The fraction of sp³-hybridized carbons (Fsp3) is 0.286. The zero-order valence-electron chi connectivity index (χ0n) is 17.3. The van der Waals surface area contributed by atoms with E-state index in [0.29, 0.717) is 0 Å². The van der Waals surface area contributed by atoms with Crippen LogP contribution in [0.1, 0.15) is 29.8 Å². The lowest BCUT2D eigenvalue weighted by Gasteiger charge is -2.45. The van der Waals surface area contributed by atoms with E-state index in [2.05, 4.69) is 22.7 Å². The molecule has 1 heterocycles. The maximum absolute atomic E-state index is 14.8. The van der Waals surface area contributed by atoms with Crippen molar-refractivity contribution >= 4 is 46.7 Å². The van der Waals surface area contributed by atoms with Crippen molar-refractivity contribution in [3.63, 3.8) is 0 Å². The highest BCUT2D eigenvalue weighted by Gasteiger charge is 2.35. The number of hydrazone groups is 1. The lowest BCUT2D eigenvalue weighted by Crippen LogP contribution is -2.59. The molecule has 32 heavy (non-hydrogen) atoms. The first-order valence-corrected chi connectivity index (χ1v) is 10.5. The van der Waals surface area contributed by atoms with Crippen LogP contribution in [0.3, 0.4) is 0 Å². The van der Waals surface area contributed by atoms with Gasteiger partial charge in [0.1, 0.15) is 17.5 Å². The van der Waals surface area contributed by atoms with Gasteiger partial charge in [0, 0.05) is 41.8 Å². The van der Waals surface area contributed by atoms with Gasteiger partial charge in [-0.25, -0.2) is 13.2 Å². The second-order valence-electron chi connectivity index (χ2n) is 7.50. The van der Waals surface area contributed by atoms with Gasteiger partial charge >= 0.3 is 0 Å². The van der Waals surface area contributed by atoms with Gasteiger partial charge in [0.2, 0.25) is 0 Å².